The Labute approximate surface area is 325 Å². The van der Waals surface area contributed by atoms with Crippen LogP contribution in [0.4, 0.5) is 17.1 Å². The van der Waals surface area contributed by atoms with Crippen molar-refractivity contribution in [1.82, 2.24) is 4.57 Å². The van der Waals surface area contributed by atoms with E-state index < -0.39 is 0 Å². The first-order valence-corrected chi connectivity index (χ1v) is 19.3. The highest BCUT2D eigenvalue weighted by atomic mass is 15.1. The predicted octanol–water partition coefficient (Wildman–Crippen LogP) is 15.0. The molecule has 1 aromatic heterocycles. The van der Waals surface area contributed by atoms with E-state index in [0.29, 0.717) is 0 Å². The van der Waals surface area contributed by atoms with Crippen LogP contribution in [0.5, 0.6) is 0 Å². The first kappa shape index (κ1) is 32.0. The van der Waals surface area contributed by atoms with Gasteiger partial charge in [0.05, 0.1) is 22.4 Å². The highest BCUT2D eigenvalue weighted by Gasteiger charge is 2.21. The number of para-hydroxylation sites is 2. The smallest absolute Gasteiger partial charge is 0.0547 e. The number of hydrogen-bond donors (Lipinski definition) is 0. The Morgan fingerprint density at radius 1 is 0.304 bits per heavy atom. The van der Waals surface area contributed by atoms with E-state index >= 15 is 0 Å². The van der Waals surface area contributed by atoms with Crippen LogP contribution in [0, 0.1) is 0 Å². The highest BCUT2D eigenvalue weighted by Crippen LogP contribution is 2.45. The second kappa shape index (κ2) is 13.2. The Morgan fingerprint density at radius 2 is 0.875 bits per heavy atom. The van der Waals surface area contributed by atoms with Gasteiger partial charge in [0, 0.05) is 33.1 Å². The molecule has 262 valence electrons. The molecule has 0 atom stereocenters. The molecule has 0 saturated carbocycles. The van der Waals surface area contributed by atoms with Gasteiger partial charge in [0.1, 0.15) is 0 Å². The molecule has 11 rings (SSSR count). The van der Waals surface area contributed by atoms with Crippen molar-refractivity contribution >= 4 is 71.2 Å². The van der Waals surface area contributed by atoms with E-state index in [2.05, 4.69) is 228 Å². The van der Waals surface area contributed by atoms with Crippen molar-refractivity contribution in [2.45, 2.75) is 0 Å². The van der Waals surface area contributed by atoms with Gasteiger partial charge in [-0.25, -0.2) is 0 Å². The number of nitrogens with zero attached hydrogens (tertiary/aromatic N) is 2. The maximum Gasteiger partial charge on any atom is 0.0547 e. The minimum Gasteiger partial charge on any atom is -0.309 e. The lowest BCUT2D eigenvalue weighted by molar-refractivity contribution is 1.18. The third kappa shape index (κ3) is 5.26. The summed E-state index contributed by atoms with van der Waals surface area (Å²) in [7, 11) is 0. The zero-order valence-electron chi connectivity index (χ0n) is 30.7. The fraction of sp³-hybridized carbons (Fsp3) is 0. The molecule has 0 N–H and O–H groups in total. The quantitative estimate of drug-likeness (QED) is 0.156. The summed E-state index contributed by atoms with van der Waals surface area (Å²) < 4.78 is 2.40. The monoisotopic (exact) mass is 712 g/mol. The van der Waals surface area contributed by atoms with E-state index in [-0.39, 0.29) is 0 Å². The van der Waals surface area contributed by atoms with E-state index in [1.54, 1.807) is 0 Å². The lowest BCUT2D eigenvalue weighted by Crippen LogP contribution is -2.12. The van der Waals surface area contributed by atoms with E-state index in [1.165, 1.54) is 76.4 Å². The van der Waals surface area contributed by atoms with Gasteiger partial charge in [0.25, 0.3) is 0 Å². The van der Waals surface area contributed by atoms with Gasteiger partial charge in [-0.3, -0.25) is 0 Å². The molecule has 10 aromatic carbocycles. The Balaban J connectivity index is 1.03. The van der Waals surface area contributed by atoms with Crippen LogP contribution in [-0.2, 0) is 0 Å². The molecule has 0 amide bonds. The van der Waals surface area contributed by atoms with Crippen molar-refractivity contribution in [2.75, 3.05) is 4.90 Å². The van der Waals surface area contributed by atoms with Crippen LogP contribution in [0.25, 0.3) is 82.1 Å². The zero-order valence-corrected chi connectivity index (χ0v) is 30.7. The largest absolute Gasteiger partial charge is 0.309 e. The van der Waals surface area contributed by atoms with Crippen LogP contribution < -0.4 is 4.90 Å². The average Bonchev–Trinajstić information content (AvgIpc) is 3.59. The van der Waals surface area contributed by atoms with Gasteiger partial charge in [-0.1, -0.05) is 164 Å². The van der Waals surface area contributed by atoms with Gasteiger partial charge in [-0.15, -0.1) is 0 Å². The number of benzene rings is 10. The number of fused-ring (bicyclic) bond motifs is 7. The molecule has 2 nitrogen and oxygen atoms in total. The van der Waals surface area contributed by atoms with Gasteiger partial charge in [-0.2, -0.15) is 0 Å². The molecule has 0 fully saturated rings. The van der Waals surface area contributed by atoms with Crippen LogP contribution in [0.15, 0.2) is 218 Å². The summed E-state index contributed by atoms with van der Waals surface area (Å²) in [6.45, 7) is 0. The Morgan fingerprint density at radius 3 is 1.64 bits per heavy atom. The third-order valence-corrected chi connectivity index (χ3v) is 11.3. The predicted molar refractivity (Wildman–Crippen MR) is 239 cm³/mol. The number of aromatic nitrogens is 1. The summed E-state index contributed by atoms with van der Waals surface area (Å²) in [4.78, 5) is 2.44. The number of rotatable bonds is 6. The van der Waals surface area contributed by atoms with Crippen molar-refractivity contribution in [3.63, 3.8) is 0 Å². The second-order valence-electron chi connectivity index (χ2n) is 14.5. The van der Waals surface area contributed by atoms with E-state index in [0.717, 1.165) is 22.7 Å². The minimum absolute atomic E-state index is 1.10. The van der Waals surface area contributed by atoms with Gasteiger partial charge in [-0.05, 0) is 98.2 Å². The molecule has 0 bridgehead atoms. The van der Waals surface area contributed by atoms with Crippen LogP contribution >= 0.6 is 0 Å². The van der Waals surface area contributed by atoms with Crippen molar-refractivity contribution in [3.05, 3.63) is 218 Å². The first-order chi connectivity index (χ1) is 27.8. The topological polar surface area (TPSA) is 8.17 Å². The standard InChI is InChI=1S/C54H36N2/c1-2-14-39(15-3-1)46-20-10-12-24-51(46)55(53-36-42-18-6-7-19-45(42)47-21-8-9-22-48(47)53)43-30-26-37(27-31-43)38-28-32-44(33-29-38)56-52-25-13-11-23-49(52)50-34-40-16-4-5-17-41(40)35-54(50)56/h1-36H. The maximum atomic E-state index is 2.44. The Hall–Kier alpha value is -7.42. The summed E-state index contributed by atoms with van der Waals surface area (Å²) in [5.41, 5.74) is 11.7. The molecule has 0 unspecified atom stereocenters. The lowest BCUT2D eigenvalue weighted by Gasteiger charge is -2.29. The first-order valence-electron chi connectivity index (χ1n) is 19.3. The molecule has 0 saturated heterocycles. The summed E-state index contributed by atoms with van der Waals surface area (Å²) in [5.74, 6) is 0. The minimum atomic E-state index is 1.10. The maximum absolute atomic E-state index is 2.44. The number of anilines is 3. The second-order valence-corrected chi connectivity index (χ2v) is 14.5. The molecule has 0 spiro atoms. The zero-order chi connectivity index (χ0) is 37.0. The van der Waals surface area contributed by atoms with E-state index in [1.807, 2.05) is 0 Å². The molecular weight excluding hydrogens is 677 g/mol. The number of hydrogen-bond acceptors (Lipinski definition) is 1. The fourth-order valence-electron chi connectivity index (χ4n) is 8.70. The fourth-order valence-corrected chi connectivity index (χ4v) is 8.70. The van der Waals surface area contributed by atoms with Crippen LogP contribution in [0.1, 0.15) is 0 Å². The molecular formula is C54H36N2. The summed E-state index contributed by atoms with van der Waals surface area (Å²) in [5, 5.41) is 9.99. The van der Waals surface area contributed by atoms with Gasteiger partial charge < -0.3 is 9.47 Å². The van der Waals surface area contributed by atoms with E-state index in [9.17, 15) is 0 Å². The molecule has 0 aliphatic heterocycles. The molecule has 11 aromatic rings. The van der Waals surface area contributed by atoms with E-state index in [4.69, 9.17) is 0 Å². The van der Waals surface area contributed by atoms with Gasteiger partial charge in [0.2, 0.25) is 0 Å². The van der Waals surface area contributed by atoms with Crippen LogP contribution in [0.2, 0.25) is 0 Å². The molecule has 0 aliphatic rings. The van der Waals surface area contributed by atoms with Crippen molar-refractivity contribution in [1.29, 1.82) is 0 Å². The molecule has 2 heteroatoms. The molecule has 0 radical (unpaired) electrons. The third-order valence-electron chi connectivity index (χ3n) is 11.3. The Bertz CT molecular complexity index is 3230. The van der Waals surface area contributed by atoms with Crippen molar-refractivity contribution < 1.29 is 0 Å². The molecule has 56 heavy (non-hydrogen) atoms. The van der Waals surface area contributed by atoms with Crippen molar-refractivity contribution in [2.24, 2.45) is 0 Å². The van der Waals surface area contributed by atoms with Gasteiger partial charge >= 0.3 is 0 Å². The van der Waals surface area contributed by atoms with Crippen LogP contribution in [-0.4, -0.2) is 4.57 Å². The average molecular weight is 713 g/mol. The lowest BCUT2D eigenvalue weighted by atomic mass is 9.97. The van der Waals surface area contributed by atoms with Gasteiger partial charge in [0.15, 0.2) is 0 Å². The SMILES string of the molecule is c1ccc(-c2ccccc2N(c2ccc(-c3ccc(-n4c5ccccc5c5cc6ccccc6cc54)cc3)cc2)c2cc3ccccc3c3ccccc23)cc1. The highest BCUT2D eigenvalue weighted by molar-refractivity contribution is 6.15. The summed E-state index contributed by atoms with van der Waals surface area (Å²) in [6, 6.07) is 79.5. The van der Waals surface area contributed by atoms with Crippen LogP contribution in [0.3, 0.4) is 0 Å². The molecule has 0 aliphatic carbocycles. The summed E-state index contributed by atoms with van der Waals surface area (Å²) >= 11 is 0. The summed E-state index contributed by atoms with van der Waals surface area (Å²) in [6.07, 6.45) is 0. The van der Waals surface area contributed by atoms with Crippen molar-refractivity contribution in [3.8, 4) is 27.9 Å². The normalized spacial score (nSPS) is 11.6. The Kier molecular flexibility index (Phi) is 7.53. The molecule has 1 heterocycles.